The summed E-state index contributed by atoms with van der Waals surface area (Å²) in [6, 6.07) is 8.86. The Morgan fingerprint density at radius 3 is 2.85 bits per heavy atom. The lowest BCUT2D eigenvalue weighted by molar-refractivity contribution is -0.135. The number of aryl methyl sites for hydroxylation is 1. The molecule has 4 nitrogen and oxygen atoms in total. The van der Waals surface area contributed by atoms with E-state index in [-0.39, 0.29) is 23.9 Å². The van der Waals surface area contributed by atoms with Crippen molar-refractivity contribution < 1.29 is 9.53 Å². The molecule has 2 heterocycles. The first-order valence-electron chi connectivity index (χ1n) is 6.24. The Labute approximate surface area is 120 Å². The van der Waals surface area contributed by atoms with E-state index in [0.29, 0.717) is 22.0 Å². The Morgan fingerprint density at radius 2 is 2.10 bits per heavy atom. The molecular weight excluding hydrogens is 278 g/mol. The monoisotopic (exact) mass is 289 g/mol. The normalized spacial score (nSPS) is 17.5. The molecule has 0 saturated heterocycles. The number of carbonyl (C=O) groups is 1. The molecule has 0 fully saturated rings. The first kappa shape index (κ1) is 12.9. The highest BCUT2D eigenvalue weighted by molar-refractivity contribution is 6.30. The SMILES string of the molecule is Cc1cc2c(c(=O)[nH]1)C(c1cccc(Cl)c1)CC(=O)O2. The summed E-state index contributed by atoms with van der Waals surface area (Å²) in [5.74, 6) is -0.325. The first-order chi connectivity index (χ1) is 9.54. The third kappa shape index (κ3) is 2.23. The van der Waals surface area contributed by atoms with Gasteiger partial charge in [0, 0.05) is 22.7 Å². The van der Waals surface area contributed by atoms with Crippen molar-refractivity contribution in [1.29, 1.82) is 0 Å². The second-order valence-electron chi connectivity index (χ2n) is 4.85. The smallest absolute Gasteiger partial charge is 0.312 e. The molecule has 0 radical (unpaired) electrons. The quantitative estimate of drug-likeness (QED) is 0.821. The van der Waals surface area contributed by atoms with E-state index in [1.54, 1.807) is 31.2 Å². The molecule has 1 atom stereocenters. The van der Waals surface area contributed by atoms with E-state index in [0.717, 1.165) is 5.56 Å². The topological polar surface area (TPSA) is 59.2 Å². The highest BCUT2D eigenvalue weighted by atomic mass is 35.5. The number of fused-ring (bicyclic) bond motifs is 1. The van der Waals surface area contributed by atoms with E-state index in [4.69, 9.17) is 16.3 Å². The van der Waals surface area contributed by atoms with E-state index in [1.165, 1.54) is 0 Å². The van der Waals surface area contributed by atoms with Gasteiger partial charge in [0.15, 0.2) is 0 Å². The summed E-state index contributed by atoms with van der Waals surface area (Å²) in [5.41, 5.74) is 1.76. The Morgan fingerprint density at radius 1 is 1.30 bits per heavy atom. The van der Waals surface area contributed by atoms with Gasteiger partial charge in [-0.25, -0.2) is 0 Å². The molecule has 0 spiro atoms. The third-order valence-electron chi connectivity index (χ3n) is 3.36. The van der Waals surface area contributed by atoms with Crippen molar-refractivity contribution in [3.05, 3.63) is 62.5 Å². The average Bonchev–Trinajstić information content (AvgIpc) is 2.36. The lowest BCUT2D eigenvalue weighted by Gasteiger charge is -2.24. The second-order valence-corrected chi connectivity index (χ2v) is 5.28. The van der Waals surface area contributed by atoms with E-state index in [1.807, 2.05) is 6.07 Å². The maximum Gasteiger partial charge on any atom is 0.312 e. The minimum absolute atomic E-state index is 0.138. The molecule has 1 aromatic carbocycles. The fraction of sp³-hybridized carbons (Fsp3) is 0.200. The Balaban J connectivity index is 2.20. The first-order valence-corrected chi connectivity index (χ1v) is 6.62. The summed E-state index contributed by atoms with van der Waals surface area (Å²) in [6.45, 7) is 1.75. The minimum Gasteiger partial charge on any atom is -0.426 e. The van der Waals surface area contributed by atoms with Crippen LogP contribution in [0.4, 0.5) is 0 Å². The lowest BCUT2D eigenvalue weighted by atomic mass is 9.87. The van der Waals surface area contributed by atoms with Crippen LogP contribution in [0.25, 0.3) is 0 Å². The molecular formula is C15H12ClNO3. The van der Waals surface area contributed by atoms with Crippen molar-refractivity contribution in [2.24, 2.45) is 0 Å². The molecule has 1 unspecified atom stereocenters. The number of esters is 1. The van der Waals surface area contributed by atoms with Crippen LogP contribution in [0.5, 0.6) is 5.75 Å². The molecule has 1 N–H and O–H groups in total. The van der Waals surface area contributed by atoms with Gasteiger partial charge in [0.1, 0.15) is 5.75 Å². The summed E-state index contributed by atoms with van der Waals surface area (Å²) in [5, 5.41) is 0.575. The maximum absolute atomic E-state index is 12.2. The van der Waals surface area contributed by atoms with Gasteiger partial charge in [-0.05, 0) is 24.6 Å². The van der Waals surface area contributed by atoms with Crippen LogP contribution >= 0.6 is 11.6 Å². The predicted octanol–water partition coefficient (Wildman–Crippen LogP) is 2.78. The van der Waals surface area contributed by atoms with E-state index >= 15 is 0 Å². The molecule has 0 saturated carbocycles. The highest BCUT2D eigenvalue weighted by Gasteiger charge is 2.31. The van der Waals surface area contributed by atoms with Crippen LogP contribution in [-0.4, -0.2) is 11.0 Å². The molecule has 5 heteroatoms. The molecule has 1 aliphatic heterocycles. The Kier molecular flexibility index (Phi) is 3.10. The fourth-order valence-electron chi connectivity index (χ4n) is 2.52. The van der Waals surface area contributed by atoms with E-state index < -0.39 is 0 Å². The maximum atomic E-state index is 12.2. The number of hydrogen-bond donors (Lipinski definition) is 1. The van der Waals surface area contributed by atoms with Crippen LogP contribution in [0.1, 0.15) is 29.2 Å². The van der Waals surface area contributed by atoms with Crippen molar-refractivity contribution in [2.75, 3.05) is 0 Å². The number of aromatic amines is 1. The van der Waals surface area contributed by atoms with Crippen LogP contribution in [-0.2, 0) is 4.79 Å². The van der Waals surface area contributed by atoms with Crippen LogP contribution in [0.15, 0.2) is 35.1 Å². The van der Waals surface area contributed by atoms with Crippen molar-refractivity contribution in [2.45, 2.75) is 19.3 Å². The largest absolute Gasteiger partial charge is 0.426 e. The molecule has 102 valence electrons. The molecule has 20 heavy (non-hydrogen) atoms. The van der Waals surface area contributed by atoms with Gasteiger partial charge >= 0.3 is 5.97 Å². The fourth-order valence-corrected chi connectivity index (χ4v) is 2.72. The summed E-state index contributed by atoms with van der Waals surface area (Å²) >= 11 is 5.99. The molecule has 0 aliphatic carbocycles. The summed E-state index contributed by atoms with van der Waals surface area (Å²) in [6.07, 6.45) is 0.138. The minimum atomic E-state index is -0.340. The number of benzene rings is 1. The second kappa shape index (κ2) is 4.80. The number of pyridine rings is 1. The number of H-pyrrole nitrogens is 1. The van der Waals surface area contributed by atoms with Gasteiger partial charge in [-0.15, -0.1) is 0 Å². The number of ether oxygens (including phenoxy) is 1. The van der Waals surface area contributed by atoms with Gasteiger partial charge in [0.05, 0.1) is 12.0 Å². The summed E-state index contributed by atoms with van der Waals surface area (Å²) < 4.78 is 5.18. The van der Waals surface area contributed by atoms with Gasteiger partial charge in [-0.1, -0.05) is 23.7 Å². The molecule has 0 bridgehead atoms. The number of hydrogen-bond acceptors (Lipinski definition) is 3. The number of aromatic nitrogens is 1. The van der Waals surface area contributed by atoms with Gasteiger partial charge in [0.2, 0.25) is 0 Å². The summed E-state index contributed by atoms with van der Waals surface area (Å²) in [7, 11) is 0. The third-order valence-corrected chi connectivity index (χ3v) is 3.60. The molecule has 2 aromatic rings. The van der Waals surface area contributed by atoms with Crippen LogP contribution in [0, 0.1) is 6.92 Å². The van der Waals surface area contributed by atoms with Gasteiger partial charge in [0.25, 0.3) is 5.56 Å². The average molecular weight is 290 g/mol. The Hall–Kier alpha value is -2.07. The van der Waals surface area contributed by atoms with Crippen molar-refractivity contribution >= 4 is 17.6 Å². The van der Waals surface area contributed by atoms with Crippen LogP contribution in [0.2, 0.25) is 5.02 Å². The zero-order valence-electron chi connectivity index (χ0n) is 10.8. The van der Waals surface area contributed by atoms with Crippen molar-refractivity contribution in [1.82, 2.24) is 4.98 Å². The zero-order valence-corrected chi connectivity index (χ0v) is 11.5. The molecule has 1 aromatic heterocycles. The number of halogens is 1. The molecule has 3 rings (SSSR count). The highest BCUT2D eigenvalue weighted by Crippen LogP contribution is 2.37. The predicted molar refractivity (Wildman–Crippen MR) is 75.3 cm³/mol. The van der Waals surface area contributed by atoms with E-state index in [9.17, 15) is 9.59 Å². The molecule has 1 aliphatic rings. The number of carbonyl (C=O) groups excluding carboxylic acids is 1. The van der Waals surface area contributed by atoms with Gasteiger partial charge in [-0.2, -0.15) is 0 Å². The van der Waals surface area contributed by atoms with Crippen molar-refractivity contribution in [3.63, 3.8) is 0 Å². The van der Waals surface area contributed by atoms with Gasteiger partial charge in [-0.3, -0.25) is 9.59 Å². The van der Waals surface area contributed by atoms with Crippen molar-refractivity contribution in [3.8, 4) is 5.75 Å². The Bertz CT molecular complexity index is 751. The lowest BCUT2D eigenvalue weighted by Crippen LogP contribution is -2.28. The summed E-state index contributed by atoms with van der Waals surface area (Å²) in [4.78, 5) is 26.7. The number of rotatable bonds is 1. The standard InChI is InChI=1S/C15H12ClNO3/c1-8-5-12-14(15(19)17-8)11(7-13(18)20-12)9-3-2-4-10(16)6-9/h2-6,11H,7H2,1H3,(H,17,19). The van der Waals surface area contributed by atoms with Gasteiger partial charge < -0.3 is 9.72 Å². The number of nitrogens with one attached hydrogen (secondary N) is 1. The van der Waals surface area contributed by atoms with Crippen LogP contribution in [0.3, 0.4) is 0 Å². The zero-order chi connectivity index (χ0) is 14.3. The van der Waals surface area contributed by atoms with E-state index in [2.05, 4.69) is 4.98 Å². The van der Waals surface area contributed by atoms with Crippen LogP contribution < -0.4 is 10.3 Å². The molecule has 0 amide bonds.